The van der Waals surface area contributed by atoms with E-state index in [1.165, 1.54) is 5.75 Å². The maximum atomic E-state index is 9.08. The molecule has 84 valence electrons. The van der Waals surface area contributed by atoms with Crippen LogP contribution in [0.15, 0.2) is 18.3 Å². The normalized spacial score (nSPS) is 21.2. The first-order valence-corrected chi connectivity index (χ1v) is 6.68. The predicted molar refractivity (Wildman–Crippen MR) is 67.7 cm³/mol. The standard InChI is InChI=1S/C12H15N3S/c1-10-4-7-16-8-6-15(10)12-11(9-13)3-2-5-14-12/h2-3,5,10H,4,6-8H2,1H3. The average Bonchev–Trinajstić information content (AvgIpc) is 2.54. The van der Waals surface area contributed by atoms with E-state index in [9.17, 15) is 0 Å². The molecule has 0 aromatic carbocycles. The van der Waals surface area contributed by atoms with Gasteiger partial charge in [0, 0.05) is 24.5 Å². The van der Waals surface area contributed by atoms with Gasteiger partial charge in [-0.25, -0.2) is 4.98 Å². The summed E-state index contributed by atoms with van der Waals surface area (Å²) < 4.78 is 0. The van der Waals surface area contributed by atoms with Crippen molar-refractivity contribution in [3.8, 4) is 6.07 Å². The van der Waals surface area contributed by atoms with Crippen LogP contribution in [0.5, 0.6) is 0 Å². The van der Waals surface area contributed by atoms with Crippen LogP contribution in [0.2, 0.25) is 0 Å². The van der Waals surface area contributed by atoms with Gasteiger partial charge in [0.2, 0.25) is 0 Å². The molecule has 1 aliphatic rings. The highest BCUT2D eigenvalue weighted by Crippen LogP contribution is 2.24. The number of aromatic nitrogens is 1. The SMILES string of the molecule is CC1CCSCCN1c1ncccc1C#N. The lowest BCUT2D eigenvalue weighted by atomic mass is 10.2. The van der Waals surface area contributed by atoms with Crippen molar-refractivity contribution >= 4 is 17.6 Å². The van der Waals surface area contributed by atoms with Gasteiger partial charge in [0.1, 0.15) is 11.9 Å². The number of hydrogen-bond donors (Lipinski definition) is 0. The quantitative estimate of drug-likeness (QED) is 0.746. The second-order valence-electron chi connectivity index (χ2n) is 3.93. The smallest absolute Gasteiger partial charge is 0.146 e. The van der Waals surface area contributed by atoms with Crippen LogP contribution in [0.3, 0.4) is 0 Å². The minimum atomic E-state index is 0.469. The topological polar surface area (TPSA) is 39.9 Å². The van der Waals surface area contributed by atoms with Gasteiger partial charge in [-0.2, -0.15) is 17.0 Å². The number of hydrogen-bond acceptors (Lipinski definition) is 4. The lowest BCUT2D eigenvalue weighted by Gasteiger charge is -2.28. The minimum Gasteiger partial charge on any atom is -0.352 e. The number of thioether (sulfide) groups is 1. The van der Waals surface area contributed by atoms with Crippen LogP contribution in [0.4, 0.5) is 5.82 Å². The number of anilines is 1. The van der Waals surface area contributed by atoms with Gasteiger partial charge in [0.25, 0.3) is 0 Å². The molecule has 4 heteroatoms. The van der Waals surface area contributed by atoms with Crippen LogP contribution in [0.25, 0.3) is 0 Å². The molecule has 0 aliphatic carbocycles. The van der Waals surface area contributed by atoms with E-state index in [4.69, 9.17) is 5.26 Å². The summed E-state index contributed by atoms with van der Waals surface area (Å²) in [6, 6.07) is 6.35. The first-order chi connectivity index (χ1) is 7.83. The van der Waals surface area contributed by atoms with E-state index in [2.05, 4.69) is 22.9 Å². The van der Waals surface area contributed by atoms with Crippen LogP contribution in [-0.2, 0) is 0 Å². The summed E-state index contributed by atoms with van der Waals surface area (Å²) in [5.74, 6) is 3.16. The van der Waals surface area contributed by atoms with Crippen LogP contribution in [0.1, 0.15) is 18.9 Å². The zero-order chi connectivity index (χ0) is 11.4. The molecule has 0 amide bonds. The number of nitrogens with zero attached hydrogens (tertiary/aromatic N) is 3. The lowest BCUT2D eigenvalue weighted by Crippen LogP contribution is -2.34. The van der Waals surface area contributed by atoms with Crippen LogP contribution >= 0.6 is 11.8 Å². The molecule has 1 saturated heterocycles. The highest BCUT2D eigenvalue weighted by molar-refractivity contribution is 7.99. The summed E-state index contributed by atoms with van der Waals surface area (Å²) in [6.07, 6.45) is 2.92. The number of pyridine rings is 1. The van der Waals surface area contributed by atoms with Crippen molar-refractivity contribution in [2.24, 2.45) is 0 Å². The Kier molecular flexibility index (Phi) is 3.68. The van der Waals surface area contributed by atoms with Gasteiger partial charge in [-0.15, -0.1) is 0 Å². The number of nitriles is 1. The third-order valence-electron chi connectivity index (χ3n) is 2.87. The lowest BCUT2D eigenvalue weighted by molar-refractivity contribution is 0.638. The zero-order valence-electron chi connectivity index (χ0n) is 9.39. The maximum Gasteiger partial charge on any atom is 0.146 e. The molecule has 1 aromatic rings. The summed E-state index contributed by atoms with van der Waals surface area (Å²) in [5, 5.41) is 9.08. The summed E-state index contributed by atoms with van der Waals surface area (Å²) >= 11 is 1.98. The van der Waals surface area contributed by atoms with Gasteiger partial charge in [0.05, 0.1) is 5.56 Å². The van der Waals surface area contributed by atoms with Crippen LogP contribution in [0, 0.1) is 11.3 Å². The van der Waals surface area contributed by atoms with Crippen LogP contribution < -0.4 is 4.90 Å². The number of rotatable bonds is 1. The van der Waals surface area contributed by atoms with E-state index < -0.39 is 0 Å². The second-order valence-corrected chi connectivity index (χ2v) is 5.15. The minimum absolute atomic E-state index is 0.469. The van der Waals surface area contributed by atoms with E-state index in [0.717, 1.165) is 24.5 Å². The molecule has 0 radical (unpaired) electrons. The summed E-state index contributed by atoms with van der Waals surface area (Å²) in [6.45, 7) is 3.19. The molecule has 1 aliphatic heterocycles. The Balaban J connectivity index is 2.31. The highest BCUT2D eigenvalue weighted by atomic mass is 32.2. The van der Waals surface area contributed by atoms with E-state index in [0.29, 0.717) is 11.6 Å². The highest BCUT2D eigenvalue weighted by Gasteiger charge is 2.20. The largest absolute Gasteiger partial charge is 0.352 e. The van der Waals surface area contributed by atoms with Crippen LogP contribution in [-0.4, -0.2) is 29.1 Å². The Morgan fingerprint density at radius 2 is 2.44 bits per heavy atom. The fourth-order valence-corrected chi connectivity index (χ4v) is 2.96. The fraction of sp³-hybridized carbons (Fsp3) is 0.500. The van der Waals surface area contributed by atoms with Crippen molar-refractivity contribution in [3.05, 3.63) is 23.9 Å². The van der Waals surface area contributed by atoms with E-state index >= 15 is 0 Å². The Morgan fingerprint density at radius 1 is 1.56 bits per heavy atom. The third-order valence-corrected chi connectivity index (χ3v) is 3.86. The molecular formula is C12H15N3S. The molecule has 1 aromatic heterocycles. The molecule has 1 atom stereocenters. The molecule has 0 spiro atoms. The second kappa shape index (κ2) is 5.22. The first-order valence-electron chi connectivity index (χ1n) is 5.52. The maximum absolute atomic E-state index is 9.08. The molecule has 1 unspecified atom stereocenters. The van der Waals surface area contributed by atoms with Gasteiger partial charge < -0.3 is 4.90 Å². The van der Waals surface area contributed by atoms with Crippen molar-refractivity contribution in [3.63, 3.8) is 0 Å². The molecule has 1 fully saturated rings. The van der Waals surface area contributed by atoms with Crippen molar-refractivity contribution in [2.75, 3.05) is 23.0 Å². The summed E-state index contributed by atoms with van der Waals surface area (Å²) in [5.41, 5.74) is 0.682. The predicted octanol–water partition coefficient (Wildman–Crippen LogP) is 2.29. The monoisotopic (exact) mass is 233 g/mol. The van der Waals surface area contributed by atoms with Crippen molar-refractivity contribution < 1.29 is 0 Å². The van der Waals surface area contributed by atoms with Gasteiger partial charge in [-0.1, -0.05) is 0 Å². The van der Waals surface area contributed by atoms with Gasteiger partial charge in [0.15, 0.2) is 0 Å². The Hall–Kier alpha value is -1.21. The van der Waals surface area contributed by atoms with Crippen molar-refractivity contribution in [1.82, 2.24) is 4.98 Å². The molecule has 0 N–H and O–H groups in total. The van der Waals surface area contributed by atoms with Gasteiger partial charge in [-0.05, 0) is 31.2 Å². The molecular weight excluding hydrogens is 218 g/mol. The Bertz CT molecular complexity index is 399. The van der Waals surface area contributed by atoms with Gasteiger partial charge >= 0.3 is 0 Å². The van der Waals surface area contributed by atoms with Crippen molar-refractivity contribution in [2.45, 2.75) is 19.4 Å². The molecule has 16 heavy (non-hydrogen) atoms. The Morgan fingerprint density at radius 3 is 3.25 bits per heavy atom. The fourth-order valence-electron chi connectivity index (χ4n) is 1.92. The summed E-state index contributed by atoms with van der Waals surface area (Å²) in [7, 11) is 0. The average molecular weight is 233 g/mol. The molecule has 0 saturated carbocycles. The molecule has 3 nitrogen and oxygen atoms in total. The third kappa shape index (κ3) is 2.30. The van der Waals surface area contributed by atoms with Crippen molar-refractivity contribution in [1.29, 1.82) is 5.26 Å². The molecule has 2 heterocycles. The first kappa shape index (κ1) is 11.3. The summed E-state index contributed by atoms with van der Waals surface area (Å²) in [4.78, 5) is 6.62. The Labute approximate surface area is 100 Å². The van der Waals surface area contributed by atoms with E-state index in [1.54, 1.807) is 6.20 Å². The van der Waals surface area contributed by atoms with E-state index in [1.807, 2.05) is 23.9 Å². The van der Waals surface area contributed by atoms with E-state index in [-0.39, 0.29) is 0 Å². The zero-order valence-corrected chi connectivity index (χ0v) is 10.2. The molecule has 0 bridgehead atoms. The molecule has 2 rings (SSSR count). The van der Waals surface area contributed by atoms with Gasteiger partial charge in [-0.3, -0.25) is 0 Å².